The van der Waals surface area contributed by atoms with Gasteiger partial charge in [0.05, 0.1) is 12.0 Å². The Labute approximate surface area is 74.8 Å². The van der Waals surface area contributed by atoms with E-state index in [9.17, 15) is 9.18 Å². The third kappa shape index (κ3) is 1.58. The van der Waals surface area contributed by atoms with Gasteiger partial charge < -0.3 is 4.74 Å². The molecule has 0 heterocycles. The minimum Gasteiger partial charge on any atom is -0.495 e. The van der Waals surface area contributed by atoms with Crippen LogP contribution in [0, 0.1) is 5.82 Å². The molecule has 0 bridgehead atoms. The number of hydrogen-bond acceptors (Lipinski definition) is 3. The molecule has 0 aromatic heterocycles. The zero-order valence-electron chi connectivity index (χ0n) is 6.37. The van der Waals surface area contributed by atoms with Crippen LogP contribution >= 0.6 is 12.6 Å². The molecule has 0 unspecified atom stereocenters. The van der Waals surface area contributed by atoms with E-state index in [0.717, 1.165) is 6.07 Å². The summed E-state index contributed by atoms with van der Waals surface area (Å²) in [7, 11) is 1.39. The average molecular weight is 186 g/mol. The fourth-order valence-corrected chi connectivity index (χ4v) is 1.04. The van der Waals surface area contributed by atoms with Crippen molar-refractivity contribution in [3.8, 4) is 5.75 Å². The normalized spacial score (nSPS) is 9.58. The Balaban J connectivity index is 3.28. The molecule has 0 amide bonds. The van der Waals surface area contributed by atoms with Crippen LogP contribution in [0.1, 0.15) is 10.4 Å². The lowest BCUT2D eigenvalue weighted by atomic mass is 10.2. The lowest BCUT2D eigenvalue weighted by Gasteiger charge is -2.04. The molecule has 0 saturated carbocycles. The second-order valence-electron chi connectivity index (χ2n) is 2.17. The molecular formula is C8H7FO2S. The Kier molecular flexibility index (Phi) is 2.70. The van der Waals surface area contributed by atoms with E-state index in [0.29, 0.717) is 6.29 Å². The van der Waals surface area contributed by atoms with Crippen LogP contribution in [-0.2, 0) is 0 Å². The molecule has 0 spiro atoms. The van der Waals surface area contributed by atoms with Crippen molar-refractivity contribution < 1.29 is 13.9 Å². The molecule has 0 aliphatic rings. The van der Waals surface area contributed by atoms with Gasteiger partial charge in [-0.2, -0.15) is 0 Å². The molecule has 0 radical (unpaired) electrons. The standard InChI is InChI=1S/C8H7FO2S/c1-11-7-3-5(4-10)2-6(9)8(7)12/h2-4,12H,1H3. The van der Waals surface area contributed by atoms with Crippen LogP contribution in [0.2, 0.25) is 0 Å². The van der Waals surface area contributed by atoms with E-state index in [1.54, 1.807) is 0 Å². The summed E-state index contributed by atoms with van der Waals surface area (Å²) < 4.78 is 17.7. The molecular weight excluding hydrogens is 179 g/mol. The minimum atomic E-state index is -0.556. The molecule has 0 N–H and O–H groups in total. The number of carbonyl (C=O) groups excluding carboxylic acids is 1. The maximum Gasteiger partial charge on any atom is 0.150 e. The van der Waals surface area contributed by atoms with Crippen LogP contribution in [0.5, 0.6) is 5.75 Å². The first-order valence-electron chi connectivity index (χ1n) is 3.20. The monoisotopic (exact) mass is 186 g/mol. The van der Waals surface area contributed by atoms with Crippen LogP contribution < -0.4 is 4.74 Å². The molecule has 0 saturated heterocycles. The first kappa shape index (κ1) is 9.06. The van der Waals surface area contributed by atoms with Gasteiger partial charge in [-0.25, -0.2) is 4.39 Å². The molecule has 4 heteroatoms. The van der Waals surface area contributed by atoms with Gasteiger partial charge in [0.2, 0.25) is 0 Å². The number of hydrogen-bond donors (Lipinski definition) is 1. The van der Waals surface area contributed by atoms with E-state index in [-0.39, 0.29) is 16.2 Å². The fourth-order valence-electron chi connectivity index (χ4n) is 0.817. The van der Waals surface area contributed by atoms with Gasteiger partial charge in [-0.3, -0.25) is 4.79 Å². The van der Waals surface area contributed by atoms with Gasteiger partial charge in [0.1, 0.15) is 17.9 Å². The van der Waals surface area contributed by atoms with E-state index in [4.69, 9.17) is 4.74 Å². The molecule has 1 rings (SSSR count). The summed E-state index contributed by atoms with van der Waals surface area (Å²) in [5.74, 6) is -0.291. The van der Waals surface area contributed by atoms with Gasteiger partial charge in [-0.1, -0.05) is 0 Å². The highest BCUT2D eigenvalue weighted by molar-refractivity contribution is 7.80. The zero-order valence-corrected chi connectivity index (χ0v) is 7.27. The maximum atomic E-state index is 12.9. The van der Waals surface area contributed by atoms with Crippen molar-refractivity contribution in [1.82, 2.24) is 0 Å². The highest BCUT2D eigenvalue weighted by Crippen LogP contribution is 2.26. The van der Waals surface area contributed by atoms with E-state index in [1.165, 1.54) is 13.2 Å². The molecule has 12 heavy (non-hydrogen) atoms. The molecule has 1 aromatic rings. The fraction of sp³-hybridized carbons (Fsp3) is 0.125. The number of benzene rings is 1. The Morgan fingerprint density at radius 2 is 2.25 bits per heavy atom. The summed E-state index contributed by atoms with van der Waals surface area (Å²) >= 11 is 3.86. The third-order valence-corrected chi connectivity index (χ3v) is 1.84. The van der Waals surface area contributed by atoms with Gasteiger partial charge in [0.15, 0.2) is 0 Å². The Morgan fingerprint density at radius 1 is 1.58 bits per heavy atom. The Bertz CT molecular complexity index is 312. The molecule has 0 aliphatic heterocycles. The molecule has 0 atom stereocenters. The number of carbonyl (C=O) groups is 1. The predicted octanol–water partition coefficient (Wildman–Crippen LogP) is 1.94. The van der Waals surface area contributed by atoms with Gasteiger partial charge in [-0.15, -0.1) is 12.6 Å². The average Bonchev–Trinajstić information content (AvgIpc) is 2.09. The first-order valence-corrected chi connectivity index (χ1v) is 3.65. The number of thiol groups is 1. The number of rotatable bonds is 2. The van der Waals surface area contributed by atoms with Gasteiger partial charge in [-0.05, 0) is 12.1 Å². The molecule has 2 nitrogen and oxygen atoms in total. The summed E-state index contributed by atoms with van der Waals surface area (Å²) in [6, 6.07) is 2.54. The Morgan fingerprint density at radius 3 is 2.75 bits per heavy atom. The van der Waals surface area contributed by atoms with Crippen molar-refractivity contribution in [1.29, 1.82) is 0 Å². The predicted molar refractivity (Wildman–Crippen MR) is 45.6 cm³/mol. The largest absolute Gasteiger partial charge is 0.495 e. The summed E-state index contributed by atoms with van der Waals surface area (Å²) in [5, 5.41) is 0. The van der Waals surface area contributed by atoms with Crippen molar-refractivity contribution in [2.75, 3.05) is 7.11 Å². The Hall–Kier alpha value is -1.03. The second kappa shape index (κ2) is 3.58. The van der Waals surface area contributed by atoms with Crippen molar-refractivity contribution in [3.05, 3.63) is 23.5 Å². The molecule has 1 aromatic carbocycles. The van der Waals surface area contributed by atoms with Crippen LogP contribution in [0.3, 0.4) is 0 Å². The van der Waals surface area contributed by atoms with Crippen LogP contribution in [-0.4, -0.2) is 13.4 Å². The zero-order chi connectivity index (χ0) is 9.14. The smallest absolute Gasteiger partial charge is 0.150 e. The summed E-state index contributed by atoms with van der Waals surface area (Å²) in [5.41, 5.74) is 0.238. The minimum absolute atomic E-state index is 0.114. The molecule has 0 aliphatic carbocycles. The van der Waals surface area contributed by atoms with Crippen LogP contribution in [0.4, 0.5) is 4.39 Å². The third-order valence-electron chi connectivity index (χ3n) is 1.41. The lowest BCUT2D eigenvalue weighted by Crippen LogP contribution is -1.91. The van der Waals surface area contributed by atoms with E-state index < -0.39 is 5.82 Å². The van der Waals surface area contributed by atoms with Crippen molar-refractivity contribution >= 4 is 18.9 Å². The van der Waals surface area contributed by atoms with E-state index in [1.807, 2.05) is 0 Å². The van der Waals surface area contributed by atoms with Gasteiger partial charge in [0, 0.05) is 5.56 Å². The van der Waals surface area contributed by atoms with Crippen molar-refractivity contribution in [2.45, 2.75) is 4.90 Å². The highest BCUT2D eigenvalue weighted by atomic mass is 32.1. The summed E-state index contributed by atoms with van der Waals surface area (Å²) in [4.78, 5) is 10.4. The summed E-state index contributed by atoms with van der Waals surface area (Å²) in [6.07, 6.45) is 0.554. The summed E-state index contributed by atoms with van der Waals surface area (Å²) in [6.45, 7) is 0. The number of aldehydes is 1. The van der Waals surface area contributed by atoms with E-state index in [2.05, 4.69) is 12.6 Å². The first-order chi connectivity index (χ1) is 5.69. The lowest BCUT2D eigenvalue weighted by molar-refractivity contribution is 0.112. The number of ether oxygens (including phenoxy) is 1. The quantitative estimate of drug-likeness (QED) is 0.564. The highest BCUT2D eigenvalue weighted by Gasteiger charge is 2.07. The van der Waals surface area contributed by atoms with Crippen LogP contribution in [0.25, 0.3) is 0 Å². The number of methoxy groups -OCH3 is 1. The van der Waals surface area contributed by atoms with Crippen LogP contribution in [0.15, 0.2) is 17.0 Å². The SMILES string of the molecule is COc1cc(C=O)cc(F)c1S. The topological polar surface area (TPSA) is 26.3 Å². The number of halogens is 1. The van der Waals surface area contributed by atoms with Crippen molar-refractivity contribution in [2.24, 2.45) is 0 Å². The van der Waals surface area contributed by atoms with Gasteiger partial charge in [0.25, 0.3) is 0 Å². The maximum absolute atomic E-state index is 12.9. The second-order valence-corrected chi connectivity index (χ2v) is 2.62. The van der Waals surface area contributed by atoms with Gasteiger partial charge >= 0.3 is 0 Å². The molecule has 64 valence electrons. The van der Waals surface area contributed by atoms with E-state index >= 15 is 0 Å². The molecule has 0 fully saturated rings. The van der Waals surface area contributed by atoms with Crippen molar-refractivity contribution in [3.63, 3.8) is 0 Å².